The lowest BCUT2D eigenvalue weighted by atomic mass is 9.40. The second kappa shape index (κ2) is 6.81. The number of aromatic nitrogens is 3. The van der Waals surface area contributed by atoms with E-state index < -0.39 is 6.10 Å². The highest BCUT2D eigenvalue weighted by molar-refractivity contribution is 5.59. The number of rotatable bonds is 5. The molecular weight excluding hydrogens is 378 g/mol. The highest BCUT2D eigenvalue weighted by atomic mass is 16.5. The lowest BCUT2D eigenvalue weighted by Gasteiger charge is -2.66. The minimum absolute atomic E-state index is 0.0800. The third-order valence-corrected chi connectivity index (χ3v) is 6.21. The van der Waals surface area contributed by atoms with Gasteiger partial charge in [0.25, 0.3) is 0 Å². The van der Waals surface area contributed by atoms with Crippen LogP contribution < -0.4 is 11.5 Å². The first-order valence-electron chi connectivity index (χ1n) is 10.2. The summed E-state index contributed by atoms with van der Waals surface area (Å²) in [5, 5.41) is 14.2. The van der Waals surface area contributed by atoms with Crippen molar-refractivity contribution in [3.8, 4) is 23.2 Å². The standard InChI is InChI=1S/C23H25N5O2/c1-15(29)21-26-8-9-28(21)19(11-24)18-10-20(30-27-18)17-4-2-16(3-5-17)6-7-22-12-23(25,13-22)14-22/h2-5,8-10,15,19,29H,11-14,24-25H2,1H3. The molecule has 3 aliphatic carbocycles. The SMILES string of the molecule is CC(O)c1nccn1C(CN)c1cc(-c2ccc(C#CC34CC(N)(C3)C4)cc2)on1. The van der Waals surface area contributed by atoms with Crippen LogP contribution in [0.15, 0.2) is 47.2 Å². The molecule has 5 N–H and O–H groups in total. The summed E-state index contributed by atoms with van der Waals surface area (Å²) in [4.78, 5) is 4.22. The molecule has 0 saturated heterocycles. The largest absolute Gasteiger partial charge is 0.385 e. The van der Waals surface area contributed by atoms with Crippen LogP contribution in [0.4, 0.5) is 0 Å². The Morgan fingerprint density at radius 1 is 1.27 bits per heavy atom. The fourth-order valence-electron chi connectivity index (χ4n) is 4.79. The predicted octanol–water partition coefficient (Wildman–Crippen LogP) is 2.37. The molecule has 3 saturated carbocycles. The van der Waals surface area contributed by atoms with E-state index in [2.05, 4.69) is 22.0 Å². The number of nitrogens with two attached hydrogens (primary N) is 2. The molecule has 7 nitrogen and oxygen atoms in total. The molecule has 2 heterocycles. The molecule has 3 aromatic rings. The van der Waals surface area contributed by atoms with Crippen LogP contribution in [-0.4, -0.2) is 31.9 Å². The molecule has 0 radical (unpaired) electrons. The Bertz CT molecular complexity index is 1110. The fourth-order valence-corrected chi connectivity index (χ4v) is 4.79. The van der Waals surface area contributed by atoms with Crippen molar-refractivity contribution >= 4 is 0 Å². The minimum Gasteiger partial charge on any atom is -0.385 e. The average molecular weight is 403 g/mol. The van der Waals surface area contributed by atoms with Crippen molar-refractivity contribution in [2.75, 3.05) is 6.54 Å². The van der Waals surface area contributed by atoms with Crippen molar-refractivity contribution in [2.45, 2.75) is 43.9 Å². The van der Waals surface area contributed by atoms with Crippen LogP contribution in [0.25, 0.3) is 11.3 Å². The van der Waals surface area contributed by atoms with Crippen LogP contribution >= 0.6 is 0 Å². The van der Waals surface area contributed by atoms with Crippen LogP contribution in [0.3, 0.4) is 0 Å². The van der Waals surface area contributed by atoms with Gasteiger partial charge in [-0.15, -0.1) is 0 Å². The van der Waals surface area contributed by atoms with Gasteiger partial charge in [0.05, 0.1) is 6.04 Å². The van der Waals surface area contributed by atoms with Crippen LogP contribution in [-0.2, 0) is 0 Å². The maximum Gasteiger partial charge on any atom is 0.167 e. The summed E-state index contributed by atoms with van der Waals surface area (Å²) in [6.07, 6.45) is 5.83. The van der Waals surface area contributed by atoms with Gasteiger partial charge >= 0.3 is 0 Å². The van der Waals surface area contributed by atoms with Gasteiger partial charge in [0.1, 0.15) is 17.6 Å². The predicted molar refractivity (Wildman–Crippen MR) is 112 cm³/mol. The van der Waals surface area contributed by atoms with E-state index in [0.717, 1.165) is 30.4 Å². The molecule has 0 amide bonds. The van der Waals surface area contributed by atoms with Gasteiger partial charge in [-0.25, -0.2) is 4.98 Å². The fraction of sp³-hybridized carbons (Fsp3) is 0.391. The van der Waals surface area contributed by atoms with Gasteiger partial charge in [-0.05, 0) is 50.5 Å². The molecule has 0 spiro atoms. The van der Waals surface area contributed by atoms with Crippen LogP contribution in [0.2, 0.25) is 0 Å². The summed E-state index contributed by atoms with van der Waals surface area (Å²) < 4.78 is 7.41. The van der Waals surface area contributed by atoms with Crippen molar-refractivity contribution in [3.05, 3.63) is 59.8 Å². The first-order chi connectivity index (χ1) is 14.4. The van der Waals surface area contributed by atoms with E-state index in [9.17, 15) is 5.11 Å². The molecule has 30 heavy (non-hydrogen) atoms. The number of benzene rings is 1. The molecule has 1 aromatic carbocycles. The maximum absolute atomic E-state index is 9.94. The highest BCUT2D eigenvalue weighted by Crippen LogP contribution is 2.65. The molecule has 3 fully saturated rings. The van der Waals surface area contributed by atoms with Crippen molar-refractivity contribution in [2.24, 2.45) is 16.9 Å². The first kappa shape index (κ1) is 19.1. The summed E-state index contributed by atoms with van der Waals surface area (Å²) in [6.45, 7) is 1.98. The summed E-state index contributed by atoms with van der Waals surface area (Å²) in [5.74, 6) is 7.90. The molecule has 2 bridgehead atoms. The zero-order valence-electron chi connectivity index (χ0n) is 16.9. The average Bonchev–Trinajstić information content (AvgIpc) is 3.35. The van der Waals surface area contributed by atoms with Crippen LogP contribution in [0.5, 0.6) is 0 Å². The van der Waals surface area contributed by atoms with E-state index in [-0.39, 0.29) is 17.0 Å². The Morgan fingerprint density at radius 2 is 2.00 bits per heavy atom. The van der Waals surface area contributed by atoms with Crippen molar-refractivity contribution in [1.29, 1.82) is 0 Å². The van der Waals surface area contributed by atoms with Gasteiger partial charge in [-0.3, -0.25) is 0 Å². The van der Waals surface area contributed by atoms with Crippen molar-refractivity contribution in [3.63, 3.8) is 0 Å². The summed E-state index contributed by atoms with van der Waals surface area (Å²) in [6, 6.07) is 9.57. The number of aliphatic hydroxyl groups excluding tert-OH is 1. The third kappa shape index (κ3) is 3.14. The number of hydrogen-bond acceptors (Lipinski definition) is 6. The molecule has 2 aromatic heterocycles. The minimum atomic E-state index is -0.699. The third-order valence-electron chi connectivity index (χ3n) is 6.21. The van der Waals surface area contributed by atoms with Crippen LogP contribution in [0.1, 0.15) is 55.4 Å². The topological polar surface area (TPSA) is 116 Å². The Hall–Kier alpha value is -2.92. The molecule has 0 aliphatic heterocycles. The van der Waals surface area contributed by atoms with Gasteiger partial charge in [0.2, 0.25) is 0 Å². The van der Waals surface area contributed by atoms with Gasteiger partial charge in [0, 0.05) is 47.1 Å². The molecular formula is C23H25N5O2. The molecule has 3 aliphatic rings. The zero-order chi connectivity index (χ0) is 20.9. The smallest absolute Gasteiger partial charge is 0.167 e. The monoisotopic (exact) mass is 403 g/mol. The van der Waals surface area contributed by atoms with Crippen molar-refractivity contribution in [1.82, 2.24) is 14.7 Å². The van der Waals surface area contributed by atoms with E-state index in [0.29, 0.717) is 23.8 Å². The Labute approximate surface area is 175 Å². The number of imidazole rings is 1. The van der Waals surface area contributed by atoms with Gasteiger partial charge in [0.15, 0.2) is 5.76 Å². The van der Waals surface area contributed by atoms with E-state index in [1.165, 1.54) is 0 Å². The molecule has 6 rings (SSSR count). The number of hydrogen-bond donors (Lipinski definition) is 3. The molecule has 7 heteroatoms. The first-order valence-corrected chi connectivity index (χ1v) is 10.2. The zero-order valence-corrected chi connectivity index (χ0v) is 16.9. The van der Waals surface area contributed by atoms with Crippen LogP contribution in [0, 0.1) is 17.3 Å². The van der Waals surface area contributed by atoms with E-state index >= 15 is 0 Å². The summed E-state index contributed by atoms with van der Waals surface area (Å²) >= 11 is 0. The van der Waals surface area contributed by atoms with Gasteiger partial charge in [-0.1, -0.05) is 17.0 Å². The maximum atomic E-state index is 9.94. The summed E-state index contributed by atoms with van der Waals surface area (Å²) in [5.41, 5.74) is 14.9. The second-order valence-corrected chi connectivity index (χ2v) is 8.74. The Balaban J connectivity index is 1.34. The quantitative estimate of drug-likeness (QED) is 0.563. The lowest BCUT2D eigenvalue weighted by molar-refractivity contribution is -0.0807. The Morgan fingerprint density at radius 3 is 2.63 bits per heavy atom. The normalized spacial score (nSPS) is 26.1. The van der Waals surface area contributed by atoms with Gasteiger partial charge in [-0.2, -0.15) is 0 Å². The molecule has 2 atom stereocenters. The van der Waals surface area contributed by atoms with E-state index in [1.807, 2.05) is 34.9 Å². The van der Waals surface area contributed by atoms with Gasteiger partial charge < -0.3 is 25.7 Å². The lowest BCUT2D eigenvalue weighted by Crippen LogP contribution is -2.71. The van der Waals surface area contributed by atoms with Crippen molar-refractivity contribution < 1.29 is 9.63 Å². The number of nitrogens with zero attached hydrogens (tertiary/aromatic N) is 3. The molecule has 154 valence electrons. The highest BCUT2D eigenvalue weighted by Gasteiger charge is 2.65. The second-order valence-electron chi connectivity index (χ2n) is 8.74. The Kier molecular flexibility index (Phi) is 4.33. The van der Waals surface area contributed by atoms with E-state index in [4.69, 9.17) is 16.0 Å². The number of aliphatic hydroxyl groups is 1. The molecule has 2 unspecified atom stereocenters. The summed E-state index contributed by atoms with van der Waals surface area (Å²) in [7, 11) is 0. The van der Waals surface area contributed by atoms with E-state index in [1.54, 1.807) is 19.3 Å².